The number of hydrogen-bond acceptors (Lipinski definition) is 2. The predicted molar refractivity (Wildman–Crippen MR) is 85.0 cm³/mol. The van der Waals surface area contributed by atoms with Crippen LogP contribution in [0.3, 0.4) is 0 Å². The van der Waals surface area contributed by atoms with Gasteiger partial charge in [0.1, 0.15) is 0 Å². The van der Waals surface area contributed by atoms with Gasteiger partial charge in [-0.15, -0.1) is 0 Å². The first-order valence-corrected chi connectivity index (χ1v) is 8.13. The Kier molecular flexibility index (Phi) is 6.06. The van der Waals surface area contributed by atoms with E-state index in [2.05, 4.69) is 50.4 Å². The van der Waals surface area contributed by atoms with Gasteiger partial charge in [-0.05, 0) is 37.8 Å². The lowest BCUT2D eigenvalue weighted by Crippen LogP contribution is -2.31. The van der Waals surface area contributed by atoms with E-state index in [0.717, 1.165) is 13.1 Å². The molecule has 0 radical (unpaired) electrons. The molecule has 0 heterocycles. The maximum absolute atomic E-state index is 6.48. The van der Waals surface area contributed by atoms with Crippen molar-refractivity contribution in [3.8, 4) is 0 Å². The number of likely N-dealkylation sites (N-methyl/N-ethyl adjacent to an activating group) is 1. The molecule has 3 atom stereocenters. The van der Waals surface area contributed by atoms with Crippen LogP contribution >= 0.6 is 0 Å². The van der Waals surface area contributed by atoms with Crippen LogP contribution in [0.1, 0.15) is 56.8 Å². The first-order chi connectivity index (χ1) is 9.70. The summed E-state index contributed by atoms with van der Waals surface area (Å²) < 4.78 is 6.48. The molecule has 1 aromatic rings. The number of benzene rings is 1. The van der Waals surface area contributed by atoms with Gasteiger partial charge < -0.3 is 10.1 Å². The number of ether oxygens (including phenoxy) is 1. The van der Waals surface area contributed by atoms with Crippen LogP contribution in [0, 0.1) is 12.8 Å². The fourth-order valence-corrected chi connectivity index (χ4v) is 3.09. The van der Waals surface area contributed by atoms with Crippen molar-refractivity contribution in [2.45, 2.75) is 58.7 Å². The number of nitrogens with one attached hydrogen (secondary N) is 1. The van der Waals surface area contributed by atoms with Gasteiger partial charge in [-0.2, -0.15) is 0 Å². The van der Waals surface area contributed by atoms with E-state index in [4.69, 9.17) is 4.74 Å². The van der Waals surface area contributed by atoms with E-state index in [1.165, 1.54) is 36.8 Å². The number of rotatable bonds is 6. The lowest BCUT2D eigenvalue weighted by atomic mass is 9.87. The van der Waals surface area contributed by atoms with Gasteiger partial charge in [0.2, 0.25) is 0 Å². The molecule has 112 valence electrons. The molecule has 2 rings (SSSR count). The smallest absolute Gasteiger partial charge is 0.0953 e. The molecule has 0 aromatic heterocycles. The van der Waals surface area contributed by atoms with Crippen molar-refractivity contribution in [3.63, 3.8) is 0 Å². The van der Waals surface area contributed by atoms with Crippen LogP contribution in [0.4, 0.5) is 0 Å². The van der Waals surface area contributed by atoms with E-state index in [0.29, 0.717) is 12.0 Å². The van der Waals surface area contributed by atoms with Crippen molar-refractivity contribution in [1.82, 2.24) is 5.32 Å². The fourth-order valence-electron chi connectivity index (χ4n) is 3.09. The molecule has 0 aliphatic heterocycles. The van der Waals surface area contributed by atoms with Crippen LogP contribution in [0.5, 0.6) is 0 Å². The van der Waals surface area contributed by atoms with Gasteiger partial charge in [0.15, 0.2) is 0 Å². The molecule has 0 amide bonds. The van der Waals surface area contributed by atoms with Crippen molar-refractivity contribution in [2.75, 3.05) is 13.1 Å². The molecular formula is C18H29NO. The van der Waals surface area contributed by atoms with Gasteiger partial charge in [0.05, 0.1) is 12.2 Å². The molecule has 0 bridgehead atoms. The average Bonchev–Trinajstić information content (AvgIpc) is 2.45. The quantitative estimate of drug-likeness (QED) is 0.838. The number of aryl methyl sites for hydroxylation is 1. The Bertz CT molecular complexity index is 404. The predicted octanol–water partition coefficient (Wildman–Crippen LogP) is 4.24. The van der Waals surface area contributed by atoms with Crippen LogP contribution in [0.25, 0.3) is 0 Å². The molecule has 20 heavy (non-hydrogen) atoms. The van der Waals surface area contributed by atoms with Gasteiger partial charge in [-0.3, -0.25) is 0 Å². The maximum Gasteiger partial charge on any atom is 0.0953 e. The van der Waals surface area contributed by atoms with Crippen molar-refractivity contribution in [1.29, 1.82) is 0 Å². The minimum atomic E-state index is 0.181. The molecule has 1 N–H and O–H groups in total. The molecule has 1 aliphatic rings. The Morgan fingerprint density at radius 1 is 1.30 bits per heavy atom. The maximum atomic E-state index is 6.48. The molecule has 1 aliphatic carbocycles. The summed E-state index contributed by atoms with van der Waals surface area (Å²) >= 11 is 0. The molecule has 2 heteroatoms. The summed E-state index contributed by atoms with van der Waals surface area (Å²) in [6.07, 6.45) is 5.82. The standard InChI is InChI=1S/C18H29NO/c1-4-19-13-18(16-10-7-8-14(2)12-16)20-17-11-6-5-9-15(17)3/h7-8,10,12,15,17-19H,4-6,9,11,13H2,1-3H3. The third-order valence-corrected chi connectivity index (χ3v) is 4.37. The summed E-state index contributed by atoms with van der Waals surface area (Å²) in [4.78, 5) is 0. The largest absolute Gasteiger partial charge is 0.369 e. The Balaban J connectivity index is 2.06. The van der Waals surface area contributed by atoms with E-state index in [1.807, 2.05) is 0 Å². The van der Waals surface area contributed by atoms with E-state index in [9.17, 15) is 0 Å². The second-order valence-corrected chi connectivity index (χ2v) is 6.15. The lowest BCUT2D eigenvalue weighted by Gasteiger charge is -2.33. The molecule has 1 fully saturated rings. The average molecular weight is 275 g/mol. The van der Waals surface area contributed by atoms with Crippen LogP contribution in [-0.2, 0) is 4.74 Å². The zero-order valence-electron chi connectivity index (χ0n) is 13.2. The highest BCUT2D eigenvalue weighted by molar-refractivity contribution is 5.24. The molecule has 3 unspecified atom stereocenters. The summed E-state index contributed by atoms with van der Waals surface area (Å²) in [7, 11) is 0. The van der Waals surface area contributed by atoms with E-state index < -0.39 is 0 Å². The second kappa shape index (κ2) is 7.80. The Labute approximate surface area is 123 Å². The van der Waals surface area contributed by atoms with E-state index >= 15 is 0 Å². The van der Waals surface area contributed by atoms with Crippen molar-refractivity contribution in [3.05, 3.63) is 35.4 Å². The van der Waals surface area contributed by atoms with E-state index in [1.54, 1.807) is 0 Å². The first-order valence-electron chi connectivity index (χ1n) is 8.13. The third kappa shape index (κ3) is 4.32. The molecule has 0 saturated heterocycles. The SMILES string of the molecule is CCNCC(OC1CCCCC1C)c1cccc(C)c1. The zero-order valence-corrected chi connectivity index (χ0v) is 13.2. The molecule has 1 saturated carbocycles. The highest BCUT2D eigenvalue weighted by Crippen LogP contribution is 2.31. The van der Waals surface area contributed by atoms with Crippen molar-refractivity contribution >= 4 is 0 Å². The molecule has 2 nitrogen and oxygen atoms in total. The minimum absolute atomic E-state index is 0.181. The second-order valence-electron chi connectivity index (χ2n) is 6.15. The molecular weight excluding hydrogens is 246 g/mol. The summed E-state index contributed by atoms with van der Waals surface area (Å²) in [5.74, 6) is 0.692. The molecule has 1 aromatic carbocycles. The van der Waals surface area contributed by atoms with Gasteiger partial charge in [0.25, 0.3) is 0 Å². The van der Waals surface area contributed by atoms with E-state index in [-0.39, 0.29) is 6.10 Å². The van der Waals surface area contributed by atoms with Crippen LogP contribution in [0.15, 0.2) is 24.3 Å². The first kappa shape index (κ1) is 15.5. The summed E-state index contributed by atoms with van der Waals surface area (Å²) in [6.45, 7) is 8.53. The highest BCUT2D eigenvalue weighted by atomic mass is 16.5. The van der Waals surface area contributed by atoms with Gasteiger partial charge >= 0.3 is 0 Å². The zero-order chi connectivity index (χ0) is 14.4. The van der Waals surface area contributed by atoms with Crippen molar-refractivity contribution < 1.29 is 4.74 Å². The lowest BCUT2D eigenvalue weighted by molar-refractivity contribution is -0.0562. The summed E-state index contributed by atoms with van der Waals surface area (Å²) in [6, 6.07) is 8.74. The van der Waals surface area contributed by atoms with Crippen molar-refractivity contribution in [2.24, 2.45) is 5.92 Å². The van der Waals surface area contributed by atoms with Crippen LogP contribution < -0.4 is 5.32 Å². The Morgan fingerprint density at radius 3 is 2.80 bits per heavy atom. The highest BCUT2D eigenvalue weighted by Gasteiger charge is 2.25. The summed E-state index contributed by atoms with van der Waals surface area (Å²) in [5, 5.41) is 3.45. The number of hydrogen-bond donors (Lipinski definition) is 1. The van der Waals surface area contributed by atoms with Gasteiger partial charge in [0, 0.05) is 6.54 Å². The molecule has 0 spiro atoms. The Morgan fingerprint density at radius 2 is 2.10 bits per heavy atom. The normalized spacial score (nSPS) is 24.6. The summed E-state index contributed by atoms with van der Waals surface area (Å²) in [5.41, 5.74) is 2.62. The van der Waals surface area contributed by atoms with Gasteiger partial charge in [-0.25, -0.2) is 0 Å². The topological polar surface area (TPSA) is 21.3 Å². The fraction of sp³-hybridized carbons (Fsp3) is 0.667. The third-order valence-electron chi connectivity index (χ3n) is 4.37. The van der Waals surface area contributed by atoms with Gasteiger partial charge in [-0.1, -0.05) is 56.5 Å². The Hall–Kier alpha value is -0.860. The van der Waals surface area contributed by atoms with Crippen LogP contribution in [-0.4, -0.2) is 19.2 Å². The monoisotopic (exact) mass is 275 g/mol. The van der Waals surface area contributed by atoms with Crippen LogP contribution in [0.2, 0.25) is 0 Å². The minimum Gasteiger partial charge on any atom is -0.369 e.